The fraction of sp³-hybridized carbons (Fsp3) is 0.643. The van der Waals surface area contributed by atoms with Crippen molar-refractivity contribution in [2.45, 2.75) is 51.6 Å². The van der Waals surface area contributed by atoms with E-state index in [4.69, 9.17) is 4.52 Å². The standard InChI is InChI=1S/C14H20N4OS/c1-10(2)13-16-12(17-19-13)9-18-7-4-3-5-11(18)14-15-6-8-20-14/h6,8,10-11H,3-5,7,9H2,1-2H3/t11-/m0/s1. The largest absolute Gasteiger partial charge is 0.339 e. The zero-order valence-corrected chi connectivity index (χ0v) is 12.8. The molecule has 0 aromatic carbocycles. The Morgan fingerprint density at radius 2 is 2.35 bits per heavy atom. The van der Waals surface area contributed by atoms with Crippen LogP contribution in [-0.2, 0) is 6.54 Å². The van der Waals surface area contributed by atoms with Gasteiger partial charge in [0.1, 0.15) is 5.01 Å². The van der Waals surface area contributed by atoms with Crippen molar-refractivity contribution in [1.82, 2.24) is 20.0 Å². The Kier molecular flexibility index (Phi) is 4.12. The van der Waals surface area contributed by atoms with Crippen LogP contribution < -0.4 is 0 Å². The highest BCUT2D eigenvalue weighted by Crippen LogP contribution is 2.32. The van der Waals surface area contributed by atoms with E-state index in [1.807, 2.05) is 11.6 Å². The lowest BCUT2D eigenvalue weighted by atomic mass is 10.0. The van der Waals surface area contributed by atoms with E-state index in [0.717, 1.165) is 24.8 Å². The molecule has 6 heteroatoms. The molecule has 20 heavy (non-hydrogen) atoms. The summed E-state index contributed by atoms with van der Waals surface area (Å²) >= 11 is 1.74. The first-order valence-electron chi connectivity index (χ1n) is 7.20. The summed E-state index contributed by atoms with van der Waals surface area (Å²) in [6, 6.07) is 0.407. The summed E-state index contributed by atoms with van der Waals surface area (Å²) in [6.07, 6.45) is 5.56. The van der Waals surface area contributed by atoms with Crippen molar-refractivity contribution in [2.24, 2.45) is 0 Å². The van der Waals surface area contributed by atoms with Crippen molar-refractivity contribution in [2.75, 3.05) is 6.54 Å². The summed E-state index contributed by atoms with van der Waals surface area (Å²) < 4.78 is 5.29. The first-order valence-corrected chi connectivity index (χ1v) is 8.08. The Morgan fingerprint density at radius 1 is 1.45 bits per heavy atom. The second-order valence-electron chi connectivity index (χ2n) is 5.56. The summed E-state index contributed by atoms with van der Waals surface area (Å²) in [6.45, 7) is 5.96. The third kappa shape index (κ3) is 2.91. The van der Waals surface area contributed by atoms with Crippen LogP contribution in [-0.4, -0.2) is 26.6 Å². The van der Waals surface area contributed by atoms with Crippen LogP contribution in [0.4, 0.5) is 0 Å². The Balaban J connectivity index is 1.73. The van der Waals surface area contributed by atoms with Gasteiger partial charge >= 0.3 is 0 Å². The molecule has 1 aliphatic rings. The Hall–Kier alpha value is -1.27. The lowest BCUT2D eigenvalue weighted by Gasteiger charge is -2.33. The van der Waals surface area contributed by atoms with E-state index in [-0.39, 0.29) is 5.92 Å². The predicted molar refractivity (Wildman–Crippen MR) is 77.5 cm³/mol. The molecule has 0 bridgehead atoms. The average molecular weight is 292 g/mol. The zero-order chi connectivity index (χ0) is 13.9. The second-order valence-corrected chi connectivity index (χ2v) is 6.48. The fourth-order valence-corrected chi connectivity index (χ4v) is 3.41. The highest BCUT2D eigenvalue weighted by atomic mass is 32.1. The van der Waals surface area contributed by atoms with E-state index < -0.39 is 0 Å². The number of thiazole rings is 1. The normalized spacial score (nSPS) is 20.6. The van der Waals surface area contributed by atoms with Crippen molar-refractivity contribution >= 4 is 11.3 Å². The quantitative estimate of drug-likeness (QED) is 0.864. The molecule has 0 aliphatic carbocycles. The maximum atomic E-state index is 5.29. The molecule has 2 aromatic heterocycles. The van der Waals surface area contributed by atoms with Gasteiger partial charge in [-0.2, -0.15) is 4.98 Å². The van der Waals surface area contributed by atoms with Gasteiger partial charge in [0, 0.05) is 17.5 Å². The number of aromatic nitrogens is 3. The van der Waals surface area contributed by atoms with Gasteiger partial charge in [0.05, 0.1) is 12.6 Å². The molecule has 1 atom stereocenters. The third-order valence-electron chi connectivity index (χ3n) is 3.67. The van der Waals surface area contributed by atoms with E-state index in [0.29, 0.717) is 6.04 Å². The van der Waals surface area contributed by atoms with Crippen LogP contribution in [0.3, 0.4) is 0 Å². The van der Waals surface area contributed by atoms with Crippen LogP contribution in [0.25, 0.3) is 0 Å². The molecule has 2 aromatic rings. The first-order chi connectivity index (χ1) is 9.74. The van der Waals surface area contributed by atoms with Gasteiger partial charge in [0.2, 0.25) is 5.89 Å². The van der Waals surface area contributed by atoms with Gasteiger partial charge in [0.25, 0.3) is 0 Å². The molecule has 5 nitrogen and oxygen atoms in total. The minimum atomic E-state index is 0.285. The SMILES string of the molecule is CC(C)c1nc(CN2CCCC[C@H]2c2nccs2)no1. The number of hydrogen-bond acceptors (Lipinski definition) is 6. The van der Waals surface area contributed by atoms with Gasteiger partial charge in [-0.05, 0) is 19.4 Å². The minimum absolute atomic E-state index is 0.285. The third-order valence-corrected chi connectivity index (χ3v) is 4.55. The molecule has 1 fully saturated rings. The molecule has 108 valence electrons. The summed E-state index contributed by atoms with van der Waals surface area (Å²) in [5.41, 5.74) is 0. The molecule has 0 saturated carbocycles. The molecular formula is C14H20N4OS. The van der Waals surface area contributed by atoms with E-state index in [2.05, 4.69) is 33.9 Å². The second kappa shape index (κ2) is 6.01. The first kappa shape index (κ1) is 13.7. The maximum Gasteiger partial charge on any atom is 0.229 e. The molecule has 3 rings (SSSR count). The number of likely N-dealkylation sites (tertiary alicyclic amines) is 1. The van der Waals surface area contributed by atoms with E-state index >= 15 is 0 Å². The monoisotopic (exact) mass is 292 g/mol. The highest BCUT2D eigenvalue weighted by molar-refractivity contribution is 7.09. The smallest absolute Gasteiger partial charge is 0.229 e. The molecular weight excluding hydrogens is 272 g/mol. The number of rotatable bonds is 4. The summed E-state index contributed by atoms with van der Waals surface area (Å²) in [5.74, 6) is 1.80. The maximum absolute atomic E-state index is 5.29. The Labute approximate surface area is 123 Å². The van der Waals surface area contributed by atoms with Crippen LogP contribution >= 0.6 is 11.3 Å². The minimum Gasteiger partial charge on any atom is -0.339 e. The van der Waals surface area contributed by atoms with Crippen LogP contribution in [0.15, 0.2) is 16.1 Å². The molecule has 0 N–H and O–H groups in total. The van der Waals surface area contributed by atoms with Gasteiger partial charge in [-0.1, -0.05) is 25.4 Å². The van der Waals surface area contributed by atoms with Crippen molar-refractivity contribution in [3.8, 4) is 0 Å². The van der Waals surface area contributed by atoms with Crippen molar-refractivity contribution in [1.29, 1.82) is 0 Å². The van der Waals surface area contributed by atoms with E-state index in [1.54, 1.807) is 11.3 Å². The number of piperidine rings is 1. The van der Waals surface area contributed by atoms with Crippen molar-refractivity contribution in [3.63, 3.8) is 0 Å². The van der Waals surface area contributed by atoms with Crippen LogP contribution in [0.5, 0.6) is 0 Å². The average Bonchev–Trinajstić information content (AvgIpc) is 3.10. The highest BCUT2D eigenvalue weighted by Gasteiger charge is 2.27. The lowest BCUT2D eigenvalue weighted by Crippen LogP contribution is -2.33. The topological polar surface area (TPSA) is 55.1 Å². The van der Waals surface area contributed by atoms with Gasteiger partial charge in [0.15, 0.2) is 5.82 Å². The van der Waals surface area contributed by atoms with E-state index in [1.165, 1.54) is 24.3 Å². The fourth-order valence-electron chi connectivity index (χ4n) is 2.61. The molecule has 1 aliphatic heterocycles. The van der Waals surface area contributed by atoms with Crippen LogP contribution in [0, 0.1) is 0 Å². The summed E-state index contributed by atoms with van der Waals surface area (Å²) in [4.78, 5) is 11.4. The van der Waals surface area contributed by atoms with Gasteiger partial charge in [-0.3, -0.25) is 4.90 Å². The number of nitrogens with zero attached hydrogens (tertiary/aromatic N) is 4. The Morgan fingerprint density at radius 3 is 3.05 bits per heavy atom. The van der Waals surface area contributed by atoms with Crippen LogP contribution in [0.1, 0.15) is 61.8 Å². The Bertz CT molecular complexity index is 537. The molecule has 0 radical (unpaired) electrons. The predicted octanol–water partition coefficient (Wildman–Crippen LogP) is 3.38. The van der Waals surface area contributed by atoms with Crippen molar-refractivity contribution < 1.29 is 4.52 Å². The molecule has 3 heterocycles. The molecule has 0 spiro atoms. The van der Waals surface area contributed by atoms with Gasteiger partial charge in [-0.25, -0.2) is 4.98 Å². The lowest BCUT2D eigenvalue weighted by molar-refractivity contribution is 0.135. The van der Waals surface area contributed by atoms with Crippen molar-refractivity contribution in [3.05, 3.63) is 28.3 Å². The molecule has 0 amide bonds. The van der Waals surface area contributed by atoms with Crippen LogP contribution in [0.2, 0.25) is 0 Å². The summed E-state index contributed by atoms with van der Waals surface area (Å²) in [7, 11) is 0. The molecule has 0 unspecified atom stereocenters. The van der Waals surface area contributed by atoms with E-state index in [9.17, 15) is 0 Å². The summed E-state index contributed by atoms with van der Waals surface area (Å²) in [5, 5.41) is 7.36. The molecule has 1 saturated heterocycles. The zero-order valence-electron chi connectivity index (χ0n) is 12.0. The number of hydrogen-bond donors (Lipinski definition) is 0. The van der Waals surface area contributed by atoms with Gasteiger partial charge < -0.3 is 4.52 Å². The van der Waals surface area contributed by atoms with Gasteiger partial charge in [-0.15, -0.1) is 11.3 Å².